The van der Waals surface area contributed by atoms with E-state index < -0.39 is 0 Å². The minimum absolute atomic E-state index is 0.338. The summed E-state index contributed by atoms with van der Waals surface area (Å²) in [5.74, 6) is 0.377. The van der Waals surface area contributed by atoms with E-state index in [4.69, 9.17) is 9.47 Å². The van der Waals surface area contributed by atoms with Gasteiger partial charge in [0.1, 0.15) is 5.75 Å². The van der Waals surface area contributed by atoms with Gasteiger partial charge in [-0.15, -0.1) is 0 Å². The van der Waals surface area contributed by atoms with Crippen molar-refractivity contribution in [2.75, 3.05) is 39.9 Å². The van der Waals surface area contributed by atoms with Gasteiger partial charge >= 0.3 is 5.97 Å². The highest BCUT2D eigenvalue weighted by molar-refractivity contribution is 5.89. The van der Waals surface area contributed by atoms with Crippen LogP contribution in [0.3, 0.4) is 0 Å². The van der Waals surface area contributed by atoms with Gasteiger partial charge in [-0.1, -0.05) is 6.07 Å². The normalized spacial score (nSPS) is 19.2. The SMILES string of the molecule is COC(=O)c1cccc(OCCCN2CCN[C@H](C)C2)c1. The van der Waals surface area contributed by atoms with Crippen LogP contribution in [0.25, 0.3) is 0 Å². The summed E-state index contributed by atoms with van der Waals surface area (Å²) in [6.07, 6.45) is 0.981. The van der Waals surface area contributed by atoms with Crippen molar-refractivity contribution in [2.24, 2.45) is 0 Å². The number of rotatable bonds is 6. The number of ether oxygens (including phenoxy) is 2. The maximum Gasteiger partial charge on any atom is 0.337 e. The third-order valence-electron chi connectivity index (χ3n) is 3.60. The van der Waals surface area contributed by atoms with Crippen LogP contribution < -0.4 is 10.1 Å². The van der Waals surface area contributed by atoms with Crippen LogP contribution in [0.15, 0.2) is 24.3 Å². The van der Waals surface area contributed by atoms with Crippen LogP contribution in [-0.4, -0.2) is 56.8 Å². The maximum atomic E-state index is 11.4. The molecule has 116 valence electrons. The molecule has 0 aliphatic carbocycles. The zero-order chi connectivity index (χ0) is 15.1. The lowest BCUT2D eigenvalue weighted by atomic mass is 10.2. The van der Waals surface area contributed by atoms with Gasteiger partial charge in [0.15, 0.2) is 0 Å². The van der Waals surface area contributed by atoms with E-state index in [9.17, 15) is 4.79 Å². The molecule has 0 spiro atoms. The molecular weight excluding hydrogens is 268 g/mol. The van der Waals surface area contributed by atoms with Gasteiger partial charge in [0.25, 0.3) is 0 Å². The Morgan fingerprint density at radius 2 is 2.33 bits per heavy atom. The first-order chi connectivity index (χ1) is 10.2. The van der Waals surface area contributed by atoms with Crippen molar-refractivity contribution >= 4 is 5.97 Å². The van der Waals surface area contributed by atoms with E-state index in [0.717, 1.165) is 32.6 Å². The molecule has 1 aliphatic rings. The molecule has 1 saturated heterocycles. The molecule has 0 amide bonds. The summed E-state index contributed by atoms with van der Waals surface area (Å²) in [5, 5.41) is 3.43. The van der Waals surface area contributed by atoms with Gasteiger partial charge in [0, 0.05) is 32.2 Å². The number of hydrogen-bond acceptors (Lipinski definition) is 5. The molecule has 5 nitrogen and oxygen atoms in total. The van der Waals surface area contributed by atoms with Crippen LogP contribution in [0.4, 0.5) is 0 Å². The molecule has 0 unspecified atom stereocenters. The molecule has 0 radical (unpaired) electrons. The van der Waals surface area contributed by atoms with Crippen LogP contribution in [0.1, 0.15) is 23.7 Å². The summed E-state index contributed by atoms with van der Waals surface area (Å²) >= 11 is 0. The quantitative estimate of drug-likeness (QED) is 0.636. The topological polar surface area (TPSA) is 50.8 Å². The third kappa shape index (κ3) is 5.02. The standard InChI is InChI=1S/C16H24N2O3/c1-13-12-18(9-7-17-13)8-4-10-21-15-6-3-5-14(11-15)16(19)20-2/h3,5-6,11,13,17H,4,7-10,12H2,1-2H3/t13-/m1/s1. The number of piperazine rings is 1. The number of esters is 1. The molecule has 0 aromatic heterocycles. The highest BCUT2D eigenvalue weighted by atomic mass is 16.5. The van der Waals surface area contributed by atoms with Crippen LogP contribution in [0.2, 0.25) is 0 Å². The molecule has 1 aromatic rings. The van der Waals surface area contributed by atoms with E-state index in [0.29, 0.717) is 24.0 Å². The smallest absolute Gasteiger partial charge is 0.337 e. The molecule has 0 bridgehead atoms. The summed E-state index contributed by atoms with van der Waals surface area (Å²) in [6.45, 7) is 7.16. The third-order valence-corrected chi connectivity index (χ3v) is 3.60. The van der Waals surface area contributed by atoms with Crippen molar-refractivity contribution < 1.29 is 14.3 Å². The molecule has 1 fully saturated rings. The van der Waals surface area contributed by atoms with Gasteiger partial charge in [-0.25, -0.2) is 4.79 Å². The lowest BCUT2D eigenvalue weighted by molar-refractivity contribution is 0.0600. The van der Waals surface area contributed by atoms with E-state index in [1.54, 1.807) is 18.2 Å². The van der Waals surface area contributed by atoms with Crippen molar-refractivity contribution in [3.8, 4) is 5.75 Å². The fourth-order valence-corrected chi connectivity index (χ4v) is 2.52. The number of methoxy groups -OCH3 is 1. The minimum atomic E-state index is -0.338. The van der Waals surface area contributed by atoms with Crippen molar-refractivity contribution in [1.82, 2.24) is 10.2 Å². The molecule has 1 heterocycles. The predicted molar refractivity (Wildman–Crippen MR) is 81.8 cm³/mol. The Morgan fingerprint density at radius 3 is 3.10 bits per heavy atom. The highest BCUT2D eigenvalue weighted by Crippen LogP contribution is 2.14. The van der Waals surface area contributed by atoms with Gasteiger partial charge < -0.3 is 19.7 Å². The van der Waals surface area contributed by atoms with Gasteiger partial charge in [-0.3, -0.25) is 0 Å². The average molecular weight is 292 g/mol. The number of hydrogen-bond donors (Lipinski definition) is 1. The fraction of sp³-hybridized carbons (Fsp3) is 0.562. The van der Waals surface area contributed by atoms with Gasteiger partial charge in [-0.2, -0.15) is 0 Å². The second-order valence-corrected chi connectivity index (χ2v) is 5.38. The minimum Gasteiger partial charge on any atom is -0.494 e. The number of nitrogens with zero attached hydrogens (tertiary/aromatic N) is 1. The Hall–Kier alpha value is -1.59. The summed E-state index contributed by atoms with van der Waals surface area (Å²) in [7, 11) is 1.38. The number of nitrogens with one attached hydrogen (secondary N) is 1. The molecule has 1 aromatic carbocycles. The first kappa shape index (κ1) is 15.8. The van der Waals surface area contributed by atoms with Crippen LogP contribution in [-0.2, 0) is 4.74 Å². The Balaban J connectivity index is 1.72. The number of carbonyl (C=O) groups is 1. The van der Waals surface area contributed by atoms with Gasteiger partial charge in [-0.05, 0) is 31.5 Å². The second-order valence-electron chi connectivity index (χ2n) is 5.38. The Bertz CT molecular complexity index is 465. The second kappa shape index (κ2) is 8.00. The molecule has 1 N–H and O–H groups in total. The van der Waals surface area contributed by atoms with E-state index in [1.807, 2.05) is 6.07 Å². The van der Waals surface area contributed by atoms with E-state index in [-0.39, 0.29) is 5.97 Å². The number of benzene rings is 1. The highest BCUT2D eigenvalue weighted by Gasteiger charge is 2.14. The van der Waals surface area contributed by atoms with Gasteiger partial charge in [0.2, 0.25) is 0 Å². The predicted octanol–water partition coefficient (Wildman–Crippen LogP) is 1.54. The molecule has 2 rings (SSSR count). The average Bonchev–Trinajstić information content (AvgIpc) is 2.51. The monoisotopic (exact) mass is 292 g/mol. The Morgan fingerprint density at radius 1 is 1.48 bits per heavy atom. The summed E-state index contributed by atoms with van der Waals surface area (Å²) in [6, 6.07) is 7.68. The molecular formula is C16H24N2O3. The molecule has 1 aliphatic heterocycles. The van der Waals surface area contributed by atoms with E-state index in [2.05, 4.69) is 17.1 Å². The largest absolute Gasteiger partial charge is 0.494 e. The van der Waals surface area contributed by atoms with Gasteiger partial charge in [0.05, 0.1) is 19.3 Å². The van der Waals surface area contributed by atoms with Crippen LogP contribution in [0, 0.1) is 0 Å². The Labute approximate surface area is 126 Å². The first-order valence-electron chi connectivity index (χ1n) is 7.46. The first-order valence-corrected chi connectivity index (χ1v) is 7.46. The van der Waals surface area contributed by atoms with Crippen LogP contribution >= 0.6 is 0 Å². The van der Waals surface area contributed by atoms with Crippen molar-refractivity contribution in [1.29, 1.82) is 0 Å². The fourth-order valence-electron chi connectivity index (χ4n) is 2.52. The number of carbonyl (C=O) groups excluding carboxylic acids is 1. The molecule has 0 saturated carbocycles. The molecule has 1 atom stereocenters. The van der Waals surface area contributed by atoms with Crippen molar-refractivity contribution in [3.05, 3.63) is 29.8 Å². The van der Waals surface area contributed by atoms with E-state index in [1.165, 1.54) is 7.11 Å². The van der Waals surface area contributed by atoms with Crippen LogP contribution in [0.5, 0.6) is 5.75 Å². The summed E-state index contributed by atoms with van der Waals surface area (Å²) in [4.78, 5) is 13.9. The molecule has 5 heteroatoms. The summed E-state index contributed by atoms with van der Waals surface area (Å²) < 4.78 is 10.4. The molecule has 21 heavy (non-hydrogen) atoms. The lowest BCUT2D eigenvalue weighted by Crippen LogP contribution is -2.49. The zero-order valence-corrected chi connectivity index (χ0v) is 12.8. The Kier molecular flexibility index (Phi) is 6.02. The van der Waals surface area contributed by atoms with E-state index >= 15 is 0 Å². The zero-order valence-electron chi connectivity index (χ0n) is 12.8. The maximum absolute atomic E-state index is 11.4. The van der Waals surface area contributed by atoms with Crippen molar-refractivity contribution in [2.45, 2.75) is 19.4 Å². The lowest BCUT2D eigenvalue weighted by Gasteiger charge is -2.31. The summed E-state index contributed by atoms with van der Waals surface area (Å²) in [5.41, 5.74) is 0.519. The van der Waals surface area contributed by atoms with Crippen molar-refractivity contribution in [3.63, 3.8) is 0 Å².